The Bertz CT molecular complexity index is 1090. The third kappa shape index (κ3) is 5.24. The quantitative estimate of drug-likeness (QED) is 0.536. The summed E-state index contributed by atoms with van der Waals surface area (Å²) in [7, 11) is 3.51. The minimum Gasteiger partial charge on any atom is -0.339 e. The fourth-order valence-corrected chi connectivity index (χ4v) is 4.68. The second-order valence-electron chi connectivity index (χ2n) is 8.43. The summed E-state index contributed by atoms with van der Waals surface area (Å²) in [5, 5.41) is 14.6. The van der Waals surface area contributed by atoms with Crippen molar-refractivity contribution in [3.63, 3.8) is 0 Å². The number of anilines is 1. The lowest BCUT2D eigenvalue weighted by Crippen LogP contribution is -2.49. The number of aromatic nitrogens is 5. The Labute approximate surface area is 197 Å². The molecule has 33 heavy (non-hydrogen) atoms. The smallest absolute Gasteiger partial charge is 0.270 e. The van der Waals surface area contributed by atoms with Crippen LogP contribution in [0.2, 0.25) is 5.02 Å². The van der Waals surface area contributed by atoms with Crippen LogP contribution >= 0.6 is 11.6 Å². The van der Waals surface area contributed by atoms with Crippen LogP contribution in [0.15, 0.2) is 36.8 Å². The first-order valence-corrected chi connectivity index (χ1v) is 11.6. The molecule has 0 spiro atoms. The van der Waals surface area contributed by atoms with Crippen molar-refractivity contribution in [1.82, 2.24) is 29.9 Å². The number of nitrogens with zero attached hydrogens (tertiary/aromatic N) is 5. The second kappa shape index (κ2) is 10.2. The maximum Gasteiger partial charge on any atom is 0.270 e. The number of hydrogen-bond acceptors (Lipinski definition) is 5. The van der Waals surface area contributed by atoms with Gasteiger partial charge < -0.3 is 10.6 Å². The number of aryl methyl sites for hydroxylation is 2. The molecular formula is C23H28ClN7O2. The van der Waals surface area contributed by atoms with Crippen molar-refractivity contribution in [3.05, 3.63) is 47.5 Å². The van der Waals surface area contributed by atoms with Gasteiger partial charge in [0.15, 0.2) is 0 Å². The van der Waals surface area contributed by atoms with E-state index in [-0.39, 0.29) is 17.7 Å². The van der Waals surface area contributed by atoms with Gasteiger partial charge in [-0.15, -0.1) is 0 Å². The van der Waals surface area contributed by atoms with Gasteiger partial charge in [0, 0.05) is 32.1 Å². The molecule has 3 aromatic rings. The molecule has 174 valence electrons. The summed E-state index contributed by atoms with van der Waals surface area (Å²) in [6, 6.07) is 4.55. The number of nitrogens with one attached hydrogen (secondary N) is 2. The third-order valence-electron chi connectivity index (χ3n) is 6.18. The lowest BCUT2D eigenvalue weighted by molar-refractivity contribution is -0.119. The van der Waals surface area contributed by atoms with Crippen LogP contribution in [0, 0.1) is 5.92 Å². The Balaban J connectivity index is 1.52. The van der Waals surface area contributed by atoms with E-state index in [4.69, 9.17) is 11.6 Å². The molecule has 1 atom stereocenters. The molecular weight excluding hydrogens is 442 g/mol. The molecule has 1 saturated carbocycles. The molecule has 3 heterocycles. The standard InChI is InChI=1S/C23H28ClN7O2/c1-30-18(11-12-26-30)22(32)29-20(15-7-5-3-4-6-8-15)23(33)28-19-10-9-16(13-25-19)21-17(24)14-27-31(21)2/h9-15,20H,3-8H2,1-2H3,(H,29,32)(H,25,28,33)/t20-/m0/s1. The van der Waals surface area contributed by atoms with Gasteiger partial charge in [-0.25, -0.2) is 4.98 Å². The van der Waals surface area contributed by atoms with E-state index in [2.05, 4.69) is 25.8 Å². The Kier molecular flexibility index (Phi) is 7.08. The third-order valence-corrected chi connectivity index (χ3v) is 6.45. The van der Waals surface area contributed by atoms with Crippen LogP contribution in [-0.4, -0.2) is 42.4 Å². The Morgan fingerprint density at radius 2 is 1.79 bits per heavy atom. The van der Waals surface area contributed by atoms with Gasteiger partial charge in [-0.3, -0.25) is 19.0 Å². The zero-order valence-corrected chi connectivity index (χ0v) is 19.5. The summed E-state index contributed by atoms with van der Waals surface area (Å²) < 4.78 is 3.18. The number of hydrogen-bond donors (Lipinski definition) is 2. The van der Waals surface area contributed by atoms with E-state index in [0.717, 1.165) is 49.8 Å². The van der Waals surface area contributed by atoms with E-state index < -0.39 is 6.04 Å². The van der Waals surface area contributed by atoms with Gasteiger partial charge in [0.1, 0.15) is 17.6 Å². The van der Waals surface area contributed by atoms with E-state index in [9.17, 15) is 9.59 Å². The van der Waals surface area contributed by atoms with Crippen molar-refractivity contribution >= 4 is 29.2 Å². The van der Waals surface area contributed by atoms with Crippen molar-refractivity contribution in [3.8, 4) is 11.3 Å². The van der Waals surface area contributed by atoms with Gasteiger partial charge in [-0.1, -0.05) is 37.3 Å². The highest BCUT2D eigenvalue weighted by Gasteiger charge is 2.31. The van der Waals surface area contributed by atoms with Crippen molar-refractivity contribution < 1.29 is 9.59 Å². The summed E-state index contributed by atoms with van der Waals surface area (Å²) in [4.78, 5) is 30.6. The van der Waals surface area contributed by atoms with Crippen LogP contribution in [0.5, 0.6) is 0 Å². The molecule has 0 saturated heterocycles. The van der Waals surface area contributed by atoms with Crippen LogP contribution < -0.4 is 10.6 Å². The summed E-state index contributed by atoms with van der Waals surface area (Å²) in [6.45, 7) is 0. The highest BCUT2D eigenvalue weighted by Crippen LogP contribution is 2.28. The van der Waals surface area contributed by atoms with Crippen molar-refractivity contribution in [2.24, 2.45) is 20.0 Å². The maximum absolute atomic E-state index is 13.3. The number of pyridine rings is 1. The minimum atomic E-state index is -0.654. The van der Waals surface area contributed by atoms with Gasteiger partial charge in [0.05, 0.1) is 16.9 Å². The summed E-state index contributed by atoms with van der Waals surface area (Å²) in [5.74, 6) is -0.0996. The average Bonchev–Trinajstić information content (AvgIpc) is 3.26. The molecule has 0 unspecified atom stereocenters. The van der Waals surface area contributed by atoms with Gasteiger partial charge >= 0.3 is 0 Å². The van der Waals surface area contributed by atoms with Gasteiger partial charge in [-0.05, 0) is 37.0 Å². The summed E-state index contributed by atoms with van der Waals surface area (Å²) >= 11 is 6.22. The molecule has 2 amide bonds. The highest BCUT2D eigenvalue weighted by molar-refractivity contribution is 6.33. The van der Waals surface area contributed by atoms with Gasteiger partial charge in [0.2, 0.25) is 5.91 Å². The molecule has 1 fully saturated rings. The number of rotatable bonds is 6. The largest absolute Gasteiger partial charge is 0.339 e. The van der Waals surface area contributed by atoms with Gasteiger partial charge in [0.25, 0.3) is 5.91 Å². The molecule has 3 aromatic heterocycles. The SMILES string of the molecule is Cn1nccc1C(=O)N[C@H](C(=O)Nc1ccc(-c2c(Cl)cnn2C)cn1)C1CCCCCC1. The monoisotopic (exact) mass is 469 g/mol. The molecule has 2 N–H and O–H groups in total. The van der Waals surface area contributed by atoms with E-state index >= 15 is 0 Å². The van der Waals surface area contributed by atoms with Crippen molar-refractivity contribution in [2.75, 3.05) is 5.32 Å². The topological polar surface area (TPSA) is 107 Å². The summed E-state index contributed by atoms with van der Waals surface area (Å²) in [5.41, 5.74) is 1.96. The van der Waals surface area contributed by atoms with Crippen LogP contribution in [-0.2, 0) is 18.9 Å². The zero-order chi connectivity index (χ0) is 23.4. The Morgan fingerprint density at radius 3 is 2.36 bits per heavy atom. The zero-order valence-electron chi connectivity index (χ0n) is 18.8. The lowest BCUT2D eigenvalue weighted by Gasteiger charge is -2.26. The number of carbonyl (C=O) groups excluding carboxylic acids is 2. The maximum atomic E-state index is 13.3. The fourth-order valence-electron chi connectivity index (χ4n) is 4.40. The van der Waals surface area contributed by atoms with Crippen molar-refractivity contribution in [1.29, 1.82) is 0 Å². The van der Waals surface area contributed by atoms with Gasteiger partial charge in [-0.2, -0.15) is 10.2 Å². The number of carbonyl (C=O) groups is 2. The first kappa shape index (κ1) is 23.0. The molecule has 0 aliphatic heterocycles. The van der Waals surface area contributed by atoms with Crippen LogP contribution in [0.25, 0.3) is 11.3 Å². The molecule has 1 aliphatic rings. The normalized spacial score (nSPS) is 15.6. The average molecular weight is 470 g/mol. The molecule has 10 heteroatoms. The first-order chi connectivity index (χ1) is 15.9. The molecule has 0 bridgehead atoms. The highest BCUT2D eigenvalue weighted by atomic mass is 35.5. The Morgan fingerprint density at radius 1 is 1.03 bits per heavy atom. The molecule has 0 aromatic carbocycles. The van der Waals surface area contributed by atoms with E-state index in [1.807, 2.05) is 6.07 Å². The first-order valence-electron chi connectivity index (χ1n) is 11.2. The van der Waals surface area contributed by atoms with E-state index in [1.165, 1.54) is 4.68 Å². The molecule has 4 rings (SSSR count). The molecule has 9 nitrogen and oxygen atoms in total. The summed E-state index contributed by atoms with van der Waals surface area (Å²) in [6.07, 6.45) is 11.0. The van der Waals surface area contributed by atoms with Crippen molar-refractivity contribution in [2.45, 2.75) is 44.6 Å². The molecule has 0 radical (unpaired) electrons. The predicted molar refractivity (Wildman–Crippen MR) is 126 cm³/mol. The predicted octanol–water partition coefficient (Wildman–Crippen LogP) is 3.58. The second-order valence-corrected chi connectivity index (χ2v) is 8.84. The van der Waals surface area contributed by atoms with E-state index in [0.29, 0.717) is 16.5 Å². The molecule has 1 aliphatic carbocycles. The Hall–Kier alpha value is -3.20. The number of amides is 2. The van der Waals surface area contributed by atoms with Crippen LogP contribution in [0.1, 0.15) is 49.0 Å². The fraction of sp³-hybridized carbons (Fsp3) is 0.435. The van der Waals surface area contributed by atoms with E-state index in [1.54, 1.807) is 49.5 Å². The lowest BCUT2D eigenvalue weighted by atomic mass is 9.91. The van der Waals surface area contributed by atoms with Crippen LogP contribution in [0.4, 0.5) is 5.82 Å². The van der Waals surface area contributed by atoms with Crippen LogP contribution in [0.3, 0.4) is 0 Å². The minimum absolute atomic E-state index is 0.0669. The number of halogens is 1.